The van der Waals surface area contributed by atoms with E-state index in [0.717, 1.165) is 5.82 Å². The number of nitrogens with zero attached hydrogens (tertiary/aromatic N) is 1. The lowest BCUT2D eigenvalue weighted by molar-refractivity contribution is 0.234. The van der Waals surface area contributed by atoms with Crippen molar-refractivity contribution in [3.05, 3.63) is 12.1 Å². The molecule has 0 aliphatic heterocycles. The predicted molar refractivity (Wildman–Crippen MR) is 79.5 cm³/mol. The summed E-state index contributed by atoms with van der Waals surface area (Å²) in [6.07, 6.45) is 6.38. The topological polar surface area (TPSA) is 60.2 Å². The Hall–Kier alpha value is -1.45. The summed E-state index contributed by atoms with van der Waals surface area (Å²) in [5, 5.41) is 3.55. The zero-order chi connectivity index (χ0) is 13.9. The van der Waals surface area contributed by atoms with Crippen molar-refractivity contribution in [3.8, 4) is 5.88 Å². The molecular formula is C15H25N3O. The highest BCUT2D eigenvalue weighted by Gasteiger charge is 2.26. The minimum Gasteiger partial charge on any atom is -0.473 e. The SMILES string of the molecule is CC(C)Oc1nc(NC2(C)CCCCC2)ccc1N. The smallest absolute Gasteiger partial charge is 0.239 e. The summed E-state index contributed by atoms with van der Waals surface area (Å²) in [5.41, 5.74) is 6.63. The molecule has 0 unspecified atom stereocenters. The van der Waals surface area contributed by atoms with E-state index in [0.29, 0.717) is 11.6 Å². The average molecular weight is 263 g/mol. The van der Waals surface area contributed by atoms with Crippen molar-refractivity contribution in [1.29, 1.82) is 0 Å². The molecule has 0 atom stereocenters. The number of ether oxygens (including phenoxy) is 1. The van der Waals surface area contributed by atoms with Crippen LogP contribution in [0.1, 0.15) is 52.9 Å². The Kier molecular flexibility index (Phi) is 4.17. The molecular weight excluding hydrogens is 238 g/mol. The largest absolute Gasteiger partial charge is 0.473 e. The lowest BCUT2D eigenvalue weighted by atomic mass is 9.83. The molecule has 1 fully saturated rings. The fourth-order valence-corrected chi connectivity index (χ4v) is 2.60. The van der Waals surface area contributed by atoms with Gasteiger partial charge in [0, 0.05) is 5.54 Å². The van der Waals surface area contributed by atoms with Gasteiger partial charge in [0.2, 0.25) is 5.88 Å². The van der Waals surface area contributed by atoms with Crippen LogP contribution in [-0.2, 0) is 0 Å². The van der Waals surface area contributed by atoms with Gasteiger partial charge in [0.1, 0.15) is 5.82 Å². The van der Waals surface area contributed by atoms with Crippen molar-refractivity contribution in [2.24, 2.45) is 0 Å². The standard InChI is InChI=1S/C15H25N3O/c1-11(2)19-14-12(16)7-8-13(17-14)18-15(3)9-5-4-6-10-15/h7-8,11H,4-6,9-10,16H2,1-3H3,(H,17,18). The van der Waals surface area contributed by atoms with Crippen molar-refractivity contribution >= 4 is 11.5 Å². The first kappa shape index (κ1) is 14.0. The maximum atomic E-state index is 5.89. The van der Waals surface area contributed by atoms with Gasteiger partial charge in [0.05, 0.1) is 11.8 Å². The molecule has 1 aromatic heterocycles. The van der Waals surface area contributed by atoms with Crippen LogP contribution < -0.4 is 15.8 Å². The number of nitrogens with two attached hydrogens (primary N) is 1. The quantitative estimate of drug-likeness (QED) is 0.871. The average Bonchev–Trinajstić information content (AvgIpc) is 2.33. The molecule has 0 radical (unpaired) electrons. The summed E-state index contributed by atoms with van der Waals surface area (Å²) < 4.78 is 5.63. The van der Waals surface area contributed by atoms with Gasteiger partial charge < -0.3 is 15.8 Å². The third-order valence-electron chi connectivity index (χ3n) is 3.62. The molecule has 4 heteroatoms. The van der Waals surface area contributed by atoms with Gasteiger partial charge in [-0.1, -0.05) is 19.3 Å². The number of anilines is 2. The molecule has 1 aliphatic carbocycles. The van der Waals surface area contributed by atoms with Crippen LogP contribution in [-0.4, -0.2) is 16.6 Å². The van der Waals surface area contributed by atoms with Gasteiger partial charge in [-0.25, -0.2) is 0 Å². The molecule has 0 bridgehead atoms. The van der Waals surface area contributed by atoms with Crippen molar-refractivity contribution in [2.75, 3.05) is 11.1 Å². The Morgan fingerprint density at radius 1 is 1.26 bits per heavy atom. The molecule has 0 aromatic carbocycles. The second-order valence-electron chi connectivity index (χ2n) is 6.00. The Morgan fingerprint density at radius 2 is 1.95 bits per heavy atom. The van der Waals surface area contributed by atoms with Crippen molar-refractivity contribution < 1.29 is 4.74 Å². The first-order valence-corrected chi connectivity index (χ1v) is 7.20. The van der Waals surface area contributed by atoms with Gasteiger partial charge in [-0.05, 0) is 45.7 Å². The van der Waals surface area contributed by atoms with E-state index in [1.54, 1.807) is 0 Å². The molecule has 19 heavy (non-hydrogen) atoms. The maximum absolute atomic E-state index is 5.89. The molecule has 3 N–H and O–H groups in total. The van der Waals surface area contributed by atoms with Crippen LogP contribution in [0.5, 0.6) is 5.88 Å². The number of nitrogen functional groups attached to an aromatic ring is 1. The second kappa shape index (κ2) is 5.68. The first-order valence-electron chi connectivity index (χ1n) is 7.20. The van der Waals surface area contributed by atoms with Crippen molar-refractivity contribution in [2.45, 2.75) is 64.5 Å². The Bertz CT molecular complexity index is 425. The van der Waals surface area contributed by atoms with Gasteiger partial charge in [-0.15, -0.1) is 0 Å². The van der Waals surface area contributed by atoms with Gasteiger partial charge in [0.15, 0.2) is 0 Å². The van der Waals surface area contributed by atoms with Crippen LogP contribution in [0, 0.1) is 0 Å². The zero-order valence-electron chi connectivity index (χ0n) is 12.2. The van der Waals surface area contributed by atoms with Crippen LogP contribution >= 0.6 is 0 Å². The summed E-state index contributed by atoms with van der Waals surface area (Å²) in [6, 6.07) is 3.79. The molecule has 0 saturated heterocycles. The summed E-state index contributed by atoms with van der Waals surface area (Å²) in [5.74, 6) is 1.38. The molecule has 1 aliphatic rings. The Labute approximate surface area is 115 Å². The minimum absolute atomic E-state index is 0.0790. The predicted octanol–water partition coefficient (Wildman–Crippen LogP) is 3.59. The number of hydrogen-bond donors (Lipinski definition) is 2. The molecule has 1 heterocycles. The number of hydrogen-bond acceptors (Lipinski definition) is 4. The van der Waals surface area contributed by atoms with E-state index in [9.17, 15) is 0 Å². The van der Waals surface area contributed by atoms with Gasteiger partial charge in [-0.3, -0.25) is 0 Å². The molecule has 0 amide bonds. The van der Waals surface area contributed by atoms with Crippen molar-refractivity contribution in [3.63, 3.8) is 0 Å². The molecule has 106 valence electrons. The highest BCUT2D eigenvalue weighted by molar-refractivity contribution is 5.54. The number of pyridine rings is 1. The van der Waals surface area contributed by atoms with E-state index >= 15 is 0 Å². The second-order valence-corrected chi connectivity index (χ2v) is 6.00. The number of nitrogens with one attached hydrogen (secondary N) is 1. The van der Waals surface area contributed by atoms with Crippen LogP contribution in [0.25, 0.3) is 0 Å². The monoisotopic (exact) mass is 263 g/mol. The molecule has 0 spiro atoms. The van der Waals surface area contributed by atoms with Crippen molar-refractivity contribution in [1.82, 2.24) is 4.98 Å². The van der Waals surface area contributed by atoms with E-state index in [1.807, 2.05) is 26.0 Å². The lowest BCUT2D eigenvalue weighted by Gasteiger charge is -2.35. The molecule has 2 rings (SSSR count). The molecule has 4 nitrogen and oxygen atoms in total. The van der Waals surface area contributed by atoms with Gasteiger partial charge >= 0.3 is 0 Å². The summed E-state index contributed by atoms with van der Waals surface area (Å²) in [7, 11) is 0. The van der Waals surface area contributed by atoms with E-state index in [-0.39, 0.29) is 11.6 Å². The van der Waals surface area contributed by atoms with Gasteiger partial charge in [-0.2, -0.15) is 4.98 Å². The highest BCUT2D eigenvalue weighted by Crippen LogP contribution is 2.32. The summed E-state index contributed by atoms with van der Waals surface area (Å²) >= 11 is 0. The van der Waals surface area contributed by atoms with Crippen LogP contribution in [0.4, 0.5) is 11.5 Å². The summed E-state index contributed by atoms with van der Waals surface area (Å²) in [4.78, 5) is 4.49. The lowest BCUT2D eigenvalue weighted by Crippen LogP contribution is -2.37. The van der Waals surface area contributed by atoms with E-state index in [4.69, 9.17) is 10.5 Å². The fourth-order valence-electron chi connectivity index (χ4n) is 2.60. The highest BCUT2D eigenvalue weighted by atomic mass is 16.5. The third kappa shape index (κ3) is 3.75. The Morgan fingerprint density at radius 3 is 2.58 bits per heavy atom. The van der Waals surface area contributed by atoms with Crippen LogP contribution in [0.2, 0.25) is 0 Å². The number of rotatable bonds is 4. The third-order valence-corrected chi connectivity index (χ3v) is 3.62. The van der Waals surface area contributed by atoms with Crippen LogP contribution in [0.15, 0.2) is 12.1 Å². The van der Waals surface area contributed by atoms with Crippen LogP contribution in [0.3, 0.4) is 0 Å². The minimum atomic E-state index is 0.0790. The van der Waals surface area contributed by atoms with Gasteiger partial charge in [0.25, 0.3) is 0 Å². The summed E-state index contributed by atoms with van der Waals surface area (Å²) in [6.45, 7) is 6.22. The fraction of sp³-hybridized carbons (Fsp3) is 0.667. The Balaban J connectivity index is 2.11. The zero-order valence-corrected chi connectivity index (χ0v) is 12.2. The first-order chi connectivity index (χ1) is 8.98. The van der Waals surface area contributed by atoms with E-state index < -0.39 is 0 Å². The maximum Gasteiger partial charge on any atom is 0.239 e. The van der Waals surface area contributed by atoms with E-state index in [2.05, 4.69) is 17.2 Å². The normalized spacial score (nSPS) is 18.3. The molecule has 1 saturated carbocycles. The number of aromatic nitrogens is 1. The molecule has 1 aromatic rings. The van der Waals surface area contributed by atoms with E-state index in [1.165, 1.54) is 32.1 Å².